The Balaban J connectivity index is 2.02. The first-order valence-corrected chi connectivity index (χ1v) is 6.24. The molecule has 0 aromatic carbocycles. The second-order valence-corrected chi connectivity index (χ2v) is 5.18. The average molecular weight is 235 g/mol. The highest BCUT2D eigenvalue weighted by Crippen LogP contribution is 2.30. The van der Waals surface area contributed by atoms with Gasteiger partial charge in [0.15, 0.2) is 0 Å². The molecule has 0 bridgehead atoms. The van der Waals surface area contributed by atoms with Crippen molar-refractivity contribution in [2.75, 3.05) is 11.1 Å². The van der Waals surface area contributed by atoms with Crippen LogP contribution >= 0.6 is 0 Å². The lowest BCUT2D eigenvalue weighted by Gasteiger charge is -2.33. The van der Waals surface area contributed by atoms with Crippen LogP contribution < -0.4 is 15.8 Å². The van der Waals surface area contributed by atoms with E-state index in [4.69, 9.17) is 10.5 Å². The molecule has 1 aromatic rings. The summed E-state index contributed by atoms with van der Waals surface area (Å²) >= 11 is 0. The first-order chi connectivity index (χ1) is 8.04. The van der Waals surface area contributed by atoms with Gasteiger partial charge in [0.1, 0.15) is 5.82 Å². The van der Waals surface area contributed by atoms with Gasteiger partial charge >= 0.3 is 0 Å². The van der Waals surface area contributed by atoms with E-state index in [9.17, 15) is 0 Å². The van der Waals surface area contributed by atoms with Gasteiger partial charge in [-0.2, -0.15) is 4.98 Å². The number of ether oxygens (including phenoxy) is 1. The molecule has 1 heterocycles. The van der Waals surface area contributed by atoms with Crippen molar-refractivity contribution in [3.8, 4) is 5.88 Å². The molecular weight excluding hydrogens is 214 g/mol. The van der Waals surface area contributed by atoms with Crippen LogP contribution in [-0.2, 0) is 0 Å². The summed E-state index contributed by atoms with van der Waals surface area (Å²) in [6.45, 7) is 6.20. The summed E-state index contributed by atoms with van der Waals surface area (Å²) < 4.78 is 5.56. The summed E-state index contributed by atoms with van der Waals surface area (Å²) in [5, 5.41) is 3.40. The second kappa shape index (κ2) is 4.82. The van der Waals surface area contributed by atoms with E-state index in [1.165, 1.54) is 12.8 Å². The Morgan fingerprint density at radius 3 is 2.71 bits per heavy atom. The first kappa shape index (κ1) is 12.0. The second-order valence-electron chi connectivity index (χ2n) is 5.18. The van der Waals surface area contributed by atoms with Crippen molar-refractivity contribution in [3.05, 3.63) is 12.1 Å². The smallest absolute Gasteiger partial charge is 0.239 e. The van der Waals surface area contributed by atoms with Crippen LogP contribution in [0.3, 0.4) is 0 Å². The van der Waals surface area contributed by atoms with Crippen molar-refractivity contribution >= 4 is 11.5 Å². The van der Waals surface area contributed by atoms with E-state index >= 15 is 0 Å². The number of hydrogen-bond acceptors (Lipinski definition) is 4. The number of nitrogen functional groups attached to an aromatic ring is 1. The van der Waals surface area contributed by atoms with E-state index < -0.39 is 0 Å². The minimum absolute atomic E-state index is 0.0868. The van der Waals surface area contributed by atoms with Gasteiger partial charge in [-0.25, -0.2) is 0 Å². The largest absolute Gasteiger partial charge is 0.473 e. The third-order valence-corrected chi connectivity index (χ3v) is 2.96. The number of anilines is 2. The third-order valence-electron chi connectivity index (χ3n) is 2.96. The Hall–Kier alpha value is -1.45. The van der Waals surface area contributed by atoms with Crippen molar-refractivity contribution in [2.45, 2.75) is 45.8 Å². The topological polar surface area (TPSA) is 60.2 Å². The van der Waals surface area contributed by atoms with E-state index in [2.05, 4.69) is 17.2 Å². The monoisotopic (exact) mass is 235 g/mol. The van der Waals surface area contributed by atoms with Crippen molar-refractivity contribution in [1.82, 2.24) is 4.98 Å². The minimum atomic E-state index is 0.0868. The zero-order valence-corrected chi connectivity index (χ0v) is 10.7. The Morgan fingerprint density at radius 2 is 2.12 bits per heavy atom. The van der Waals surface area contributed by atoms with Crippen LogP contribution in [0.15, 0.2) is 12.1 Å². The summed E-state index contributed by atoms with van der Waals surface area (Å²) in [5.41, 5.74) is 6.41. The summed E-state index contributed by atoms with van der Waals surface area (Å²) in [6, 6.07) is 4.30. The molecule has 4 nitrogen and oxygen atoms in total. The molecule has 4 heteroatoms. The number of nitrogens with two attached hydrogens (primary N) is 1. The lowest BCUT2D eigenvalue weighted by atomic mass is 9.82. The SMILES string of the molecule is CC1CC(Nc2ccc(N)c(OC(C)C)n2)C1. The van der Waals surface area contributed by atoms with E-state index in [-0.39, 0.29) is 6.10 Å². The van der Waals surface area contributed by atoms with Crippen LogP contribution in [0.1, 0.15) is 33.6 Å². The summed E-state index contributed by atoms with van der Waals surface area (Å²) in [5.74, 6) is 2.21. The molecule has 17 heavy (non-hydrogen) atoms. The lowest BCUT2D eigenvalue weighted by Crippen LogP contribution is -2.34. The molecule has 0 radical (unpaired) electrons. The molecule has 2 rings (SSSR count). The van der Waals surface area contributed by atoms with Crippen molar-refractivity contribution in [3.63, 3.8) is 0 Å². The number of aromatic nitrogens is 1. The molecule has 3 N–H and O–H groups in total. The van der Waals surface area contributed by atoms with Gasteiger partial charge < -0.3 is 15.8 Å². The molecule has 0 unspecified atom stereocenters. The highest BCUT2D eigenvalue weighted by molar-refractivity contribution is 5.54. The van der Waals surface area contributed by atoms with Crippen molar-refractivity contribution in [2.24, 2.45) is 5.92 Å². The molecule has 0 atom stereocenters. The van der Waals surface area contributed by atoms with Crippen LogP contribution in [0, 0.1) is 5.92 Å². The van der Waals surface area contributed by atoms with E-state index in [0.717, 1.165) is 11.7 Å². The predicted molar refractivity (Wildman–Crippen MR) is 70.2 cm³/mol. The number of nitrogens with one attached hydrogen (secondary N) is 1. The zero-order chi connectivity index (χ0) is 12.4. The van der Waals surface area contributed by atoms with Crippen LogP contribution in [-0.4, -0.2) is 17.1 Å². The van der Waals surface area contributed by atoms with Gasteiger partial charge in [0, 0.05) is 6.04 Å². The maximum atomic E-state index is 5.82. The number of pyridine rings is 1. The van der Waals surface area contributed by atoms with Gasteiger partial charge in [-0.05, 0) is 44.7 Å². The van der Waals surface area contributed by atoms with E-state index in [0.29, 0.717) is 17.6 Å². The van der Waals surface area contributed by atoms with E-state index in [1.807, 2.05) is 26.0 Å². The Morgan fingerprint density at radius 1 is 1.41 bits per heavy atom. The molecule has 0 aliphatic heterocycles. The first-order valence-electron chi connectivity index (χ1n) is 6.24. The van der Waals surface area contributed by atoms with Crippen LogP contribution in [0.5, 0.6) is 5.88 Å². The molecule has 1 aliphatic rings. The van der Waals surface area contributed by atoms with Gasteiger partial charge in [0.05, 0.1) is 11.8 Å². The number of hydrogen-bond donors (Lipinski definition) is 2. The quantitative estimate of drug-likeness (QED) is 0.842. The van der Waals surface area contributed by atoms with Gasteiger partial charge in [-0.15, -0.1) is 0 Å². The Labute approximate surface area is 103 Å². The fourth-order valence-corrected chi connectivity index (χ4v) is 2.08. The minimum Gasteiger partial charge on any atom is -0.473 e. The zero-order valence-electron chi connectivity index (χ0n) is 10.7. The molecule has 0 saturated heterocycles. The van der Waals surface area contributed by atoms with Gasteiger partial charge in [0.25, 0.3) is 0 Å². The summed E-state index contributed by atoms with van der Waals surface area (Å²) in [4.78, 5) is 4.40. The maximum Gasteiger partial charge on any atom is 0.239 e. The Kier molecular flexibility index (Phi) is 3.41. The summed E-state index contributed by atoms with van der Waals surface area (Å²) in [6.07, 6.45) is 2.52. The molecule has 0 spiro atoms. The highest BCUT2D eigenvalue weighted by atomic mass is 16.5. The predicted octanol–water partition coefficient (Wildman–Crippen LogP) is 2.66. The number of nitrogens with zero attached hydrogens (tertiary/aromatic N) is 1. The third kappa shape index (κ3) is 3.02. The number of rotatable bonds is 4. The van der Waals surface area contributed by atoms with Gasteiger partial charge in [-0.1, -0.05) is 6.92 Å². The maximum absolute atomic E-state index is 5.82. The standard InChI is InChI=1S/C13H21N3O/c1-8(2)17-13-11(14)4-5-12(16-13)15-10-6-9(3)7-10/h4-5,8-10H,6-7,14H2,1-3H3,(H,15,16). The molecule has 94 valence electrons. The Bertz CT molecular complexity index is 386. The average Bonchev–Trinajstić information content (AvgIpc) is 2.20. The van der Waals surface area contributed by atoms with Crippen molar-refractivity contribution < 1.29 is 4.74 Å². The molecule has 1 fully saturated rings. The highest BCUT2D eigenvalue weighted by Gasteiger charge is 2.25. The molecule has 0 amide bonds. The molecular formula is C13H21N3O. The van der Waals surface area contributed by atoms with Crippen LogP contribution in [0.2, 0.25) is 0 Å². The van der Waals surface area contributed by atoms with Crippen molar-refractivity contribution in [1.29, 1.82) is 0 Å². The molecule has 1 saturated carbocycles. The normalized spacial score (nSPS) is 23.3. The van der Waals surface area contributed by atoms with Gasteiger partial charge in [0.2, 0.25) is 5.88 Å². The summed E-state index contributed by atoms with van der Waals surface area (Å²) in [7, 11) is 0. The fraction of sp³-hybridized carbons (Fsp3) is 0.615. The molecule has 1 aromatic heterocycles. The lowest BCUT2D eigenvalue weighted by molar-refractivity contribution is 0.234. The molecule has 1 aliphatic carbocycles. The van der Waals surface area contributed by atoms with Gasteiger partial charge in [-0.3, -0.25) is 0 Å². The van der Waals surface area contributed by atoms with Crippen LogP contribution in [0.25, 0.3) is 0 Å². The van der Waals surface area contributed by atoms with E-state index in [1.54, 1.807) is 0 Å². The fourth-order valence-electron chi connectivity index (χ4n) is 2.08. The van der Waals surface area contributed by atoms with Crippen LogP contribution in [0.4, 0.5) is 11.5 Å².